The fourth-order valence-electron chi connectivity index (χ4n) is 4.45. The highest BCUT2D eigenvalue weighted by Gasteiger charge is 2.51. The summed E-state index contributed by atoms with van der Waals surface area (Å²) in [6, 6.07) is 1.70. The third-order valence-corrected chi connectivity index (χ3v) is 5.99. The van der Waals surface area contributed by atoms with Crippen LogP contribution in [0.25, 0.3) is 0 Å². The summed E-state index contributed by atoms with van der Waals surface area (Å²) in [7, 11) is 0. The molecular weight excluding hydrogens is 330 g/mol. The Balaban J connectivity index is 1.45. The number of nitrogens with one attached hydrogen (secondary N) is 1. The van der Waals surface area contributed by atoms with Crippen LogP contribution < -0.4 is 10.6 Å². The number of nitrogens with zero attached hydrogens (tertiary/aromatic N) is 5. The quantitative estimate of drug-likeness (QED) is 0.837. The van der Waals surface area contributed by atoms with E-state index in [1.165, 1.54) is 5.69 Å². The summed E-state index contributed by atoms with van der Waals surface area (Å²) >= 11 is 0. The van der Waals surface area contributed by atoms with E-state index < -0.39 is 0 Å². The van der Waals surface area contributed by atoms with E-state index in [0.717, 1.165) is 57.4 Å². The van der Waals surface area contributed by atoms with Gasteiger partial charge < -0.3 is 20.5 Å². The normalized spacial score (nSPS) is 21.7. The molecule has 0 atom stereocenters. The van der Waals surface area contributed by atoms with Gasteiger partial charge in [-0.2, -0.15) is 4.98 Å². The summed E-state index contributed by atoms with van der Waals surface area (Å²) in [6.07, 6.45) is 8.05. The summed E-state index contributed by atoms with van der Waals surface area (Å²) in [5.41, 5.74) is 7.75. The van der Waals surface area contributed by atoms with Gasteiger partial charge in [0.1, 0.15) is 5.82 Å². The highest BCUT2D eigenvalue weighted by atomic mass is 16.2. The molecule has 3 N–H and O–H groups in total. The number of anilines is 2. The van der Waals surface area contributed by atoms with Gasteiger partial charge in [-0.25, -0.2) is 9.97 Å². The molecule has 0 unspecified atom stereocenters. The molecule has 8 nitrogen and oxygen atoms in total. The van der Waals surface area contributed by atoms with Gasteiger partial charge in [-0.3, -0.25) is 4.79 Å². The van der Waals surface area contributed by atoms with Crippen molar-refractivity contribution in [2.24, 2.45) is 5.92 Å². The molecule has 2 aromatic heterocycles. The molecule has 1 spiro atoms. The van der Waals surface area contributed by atoms with Gasteiger partial charge in [0.2, 0.25) is 11.9 Å². The monoisotopic (exact) mass is 353 g/mol. The molecule has 1 saturated carbocycles. The summed E-state index contributed by atoms with van der Waals surface area (Å²) in [5.74, 6) is 1.68. The van der Waals surface area contributed by atoms with Crippen molar-refractivity contribution in [2.45, 2.75) is 37.6 Å². The molecule has 1 amide bonds. The van der Waals surface area contributed by atoms with Crippen LogP contribution in [0.2, 0.25) is 0 Å². The Bertz CT molecular complexity index is 836. The fraction of sp³-hybridized carbons (Fsp3) is 0.556. The lowest BCUT2D eigenvalue weighted by Gasteiger charge is -2.50. The van der Waals surface area contributed by atoms with Gasteiger partial charge in [-0.05, 0) is 31.7 Å². The number of aromatic nitrogens is 4. The largest absolute Gasteiger partial charge is 0.384 e. The second kappa shape index (κ2) is 5.69. The van der Waals surface area contributed by atoms with E-state index in [2.05, 4.69) is 29.7 Å². The van der Waals surface area contributed by atoms with Crippen molar-refractivity contribution in [3.05, 3.63) is 30.0 Å². The molecule has 8 heteroatoms. The van der Waals surface area contributed by atoms with Gasteiger partial charge in [-0.15, -0.1) is 0 Å². The van der Waals surface area contributed by atoms with E-state index >= 15 is 0 Å². The number of carbonyl (C=O) groups is 1. The summed E-state index contributed by atoms with van der Waals surface area (Å²) in [5, 5.41) is 0. The number of hydrogen-bond donors (Lipinski definition) is 2. The first-order chi connectivity index (χ1) is 12.7. The van der Waals surface area contributed by atoms with E-state index in [4.69, 9.17) is 5.73 Å². The van der Waals surface area contributed by atoms with E-state index in [0.29, 0.717) is 17.7 Å². The molecule has 5 rings (SSSR count). The zero-order chi connectivity index (χ0) is 17.7. The van der Waals surface area contributed by atoms with Crippen LogP contribution in [0.5, 0.6) is 0 Å². The Hall–Kier alpha value is -2.64. The van der Waals surface area contributed by atoms with Gasteiger partial charge in [0.15, 0.2) is 0 Å². The summed E-state index contributed by atoms with van der Waals surface area (Å²) in [4.78, 5) is 33.9. The van der Waals surface area contributed by atoms with Crippen molar-refractivity contribution in [3.8, 4) is 0 Å². The number of aromatic amines is 1. The van der Waals surface area contributed by atoms with E-state index in [9.17, 15) is 4.79 Å². The Kier molecular flexibility index (Phi) is 3.41. The molecule has 1 saturated heterocycles. The summed E-state index contributed by atoms with van der Waals surface area (Å²) < 4.78 is 0. The maximum absolute atomic E-state index is 13.0. The number of hydrogen-bond acceptors (Lipinski definition) is 6. The number of H-pyrrole nitrogens is 1. The Morgan fingerprint density at radius 2 is 2.04 bits per heavy atom. The first-order valence-corrected chi connectivity index (χ1v) is 9.35. The van der Waals surface area contributed by atoms with Crippen LogP contribution in [0.3, 0.4) is 0 Å². The number of fused-ring (bicyclic) bond motifs is 2. The Morgan fingerprint density at radius 3 is 2.77 bits per heavy atom. The first kappa shape index (κ1) is 15.6. The van der Waals surface area contributed by atoms with Gasteiger partial charge in [0, 0.05) is 43.9 Å². The molecule has 0 radical (unpaired) electrons. The predicted octanol–water partition coefficient (Wildman–Crippen LogP) is 1.07. The lowest BCUT2D eigenvalue weighted by atomic mass is 9.78. The molecule has 1 aliphatic carbocycles. The molecule has 3 aliphatic rings. The highest BCUT2D eigenvalue weighted by Crippen LogP contribution is 2.45. The molecule has 0 aromatic carbocycles. The van der Waals surface area contributed by atoms with Crippen molar-refractivity contribution < 1.29 is 4.79 Å². The maximum atomic E-state index is 13.0. The SMILES string of the molecule is Nc1ccnc(N2CCC3(CC2)c2nc[nH]c2CCN3C(=O)C2CC2)n1. The number of amides is 1. The van der Waals surface area contributed by atoms with Crippen molar-refractivity contribution in [1.29, 1.82) is 0 Å². The van der Waals surface area contributed by atoms with Crippen LogP contribution in [0.15, 0.2) is 18.6 Å². The predicted molar refractivity (Wildman–Crippen MR) is 96.3 cm³/mol. The van der Waals surface area contributed by atoms with Crippen LogP contribution in [0.1, 0.15) is 37.1 Å². The molecular formula is C18H23N7O. The lowest BCUT2D eigenvalue weighted by molar-refractivity contribution is -0.142. The van der Waals surface area contributed by atoms with Gasteiger partial charge in [0.25, 0.3) is 0 Å². The zero-order valence-electron chi connectivity index (χ0n) is 14.7. The molecule has 2 aliphatic heterocycles. The van der Waals surface area contributed by atoms with Crippen molar-refractivity contribution in [3.63, 3.8) is 0 Å². The number of rotatable bonds is 2. The average Bonchev–Trinajstić information content (AvgIpc) is 3.39. The number of imidazole rings is 1. The van der Waals surface area contributed by atoms with Gasteiger partial charge in [0.05, 0.1) is 17.6 Å². The number of nitrogen functional groups attached to an aromatic ring is 1. The van der Waals surface area contributed by atoms with E-state index in [-0.39, 0.29) is 11.5 Å². The Labute approximate surface area is 151 Å². The van der Waals surface area contributed by atoms with E-state index in [1.807, 2.05) is 0 Å². The number of nitrogens with two attached hydrogens (primary N) is 1. The molecule has 2 aromatic rings. The fourth-order valence-corrected chi connectivity index (χ4v) is 4.45. The number of carbonyl (C=O) groups excluding carboxylic acids is 1. The minimum Gasteiger partial charge on any atom is -0.384 e. The second-order valence-corrected chi connectivity index (χ2v) is 7.54. The smallest absolute Gasteiger partial charge is 0.227 e. The molecule has 2 fully saturated rings. The van der Waals surface area contributed by atoms with Gasteiger partial charge >= 0.3 is 0 Å². The van der Waals surface area contributed by atoms with Crippen LogP contribution in [0, 0.1) is 5.92 Å². The zero-order valence-corrected chi connectivity index (χ0v) is 14.7. The third kappa shape index (κ3) is 2.35. The highest BCUT2D eigenvalue weighted by molar-refractivity contribution is 5.82. The minimum atomic E-state index is -0.302. The van der Waals surface area contributed by atoms with Crippen LogP contribution in [-0.4, -0.2) is 50.4 Å². The standard InChI is InChI=1S/C18H23N7O/c19-14-3-7-20-17(23-14)24-9-5-18(6-10-24)15-13(21-11-22-15)4-8-25(18)16(26)12-1-2-12/h3,7,11-12H,1-2,4-6,8-10H2,(H,21,22)(H2,19,20,23). The van der Waals surface area contributed by atoms with Crippen LogP contribution in [0.4, 0.5) is 11.8 Å². The van der Waals surface area contributed by atoms with E-state index in [1.54, 1.807) is 18.6 Å². The molecule has 136 valence electrons. The Morgan fingerprint density at radius 1 is 1.23 bits per heavy atom. The minimum absolute atomic E-state index is 0.225. The molecule has 26 heavy (non-hydrogen) atoms. The van der Waals surface area contributed by atoms with Crippen molar-refractivity contribution >= 4 is 17.7 Å². The second-order valence-electron chi connectivity index (χ2n) is 7.54. The van der Waals surface area contributed by atoms with Crippen LogP contribution in [-0.2, 0) is 16.8 Å². The third-order valence-electron chi connectivity index (χ3n) is 5.99. The first-order valence-electron chi connectivity index (χ1n) is 9.35. The van der Waals surface area contributed by atoms with Gasteiger partial charge in [-0.1, -0.05) is 0 Å². The average molecular weight is 353 g/mol. The lowest BCUT2D eigenvalue weighted by Crippen LogP contribution is -2.59. The van der Waals surface area contributed by atoms with Crippen molar-refractivity contribution in [1.82, 2.24) is 24.8 Å². The summed E-state index contributed by atoms with van der Waals surface area (Å²) in [6.45, 7) is 2.34. The number of piperidine rings is 1. The topological polar surface area (TPSA) is 104 Å². The molecule has 4 heterocycles. The maximum Gasteiger partial charge on any atom is 0.227 e. The molecule has 0 bridgehead atoms. The van der Waals surface area contributed by atoms with Crippen molar-refractivity contribution in [2.75, 3.05) is 30.3 Å². The van der Waals surface area contributed by atoms with Crippen LogP contribution >= 0.6 is 0 Å².